The van der Waals surface area contributed by atoms with Crippen molar-refractivity contribution in [3.8, 4) is 0 Å². The second-order valence-electron chi connectivity index (χ2n) is 7.04. The van der Waals surface area contributed by atoms with Crippen molar-refractivity contribution in [1.29, 1.82) is 0 Å². The lowest BCUT2D eigenvalue weighted by Gasteiger charge is -2.35. The Balaban J connectivity index is 2.48. The molecular weight excluding hydrogens is 449 g/mol. The number of hydrogen-bond donors (Lipinski definition) is 0. The maximum Gasteiger partial charge on any atom is 0.414 e. The van der Waals surface area contributed by atoms with Crippen LogP contribution in [0.2, 0.25) is 0 Å². The highest BCUT2D eigenvalue weighted by Crippen LogP contribution is 2.28. The van der Waals surface area contributed by atoms with Crippen molar-refractivity contribution in [3.05, 3.63) is 60.7 Å². The second-order valence-corrected chi connectivity index (χ2v) is 10.6. The van der Waals surface area contributed by atoms with Gasteiger partial charge in [-0.3, -0.25) is 0 Å². The van der Waals surface area contributed by atoms with Crippen LogP contribution in [0.1, 0.15) is 26.7 Å². The third kappa shape index (κ3) is 6.17. The van der Waals surface area contributed by atoms with Crippen LogP contribution in [0.4, 0.5) is 13.2 Å². The standard InChI is InChI=1S/C21H26BrF3O2Si/c1-17(2)10-9-15-26-28(18-11-5-3-6-12-18,19-13-7-4-8-14-19)27-20(16-22)21(23,24)25/h3-8,11-14,17,20H,9-10,15-16H2,1-2H3. The summed E-state index contributed by atoms with van der Waals surface area (Å²) in [6, 6.07) is 18.1. The first-order valence-electron chi connectivity index (χ1n) is 9.35. The van der Waals surface area contributed by atoms with Gasteiger partial charge in [-0.15, -0.1) is 0 Å². The minimum atomic E-state index is -4.49. The molecule has 0 saturated carbocycles. The number of hydrogen-bond acceptors (Lipinski definition) is 2. The molecule has 0 aliphatic rings. The van der Waals surface area contributed by atoms with E-state index < -0.39 is 20.8 Å². The third-order valence-electron chi connectivity index (χ3n) is 4.35. The molecule has 0 fully saturated rings. The van der Waals surface area contributed by atoms with Gasteiger partial charge in [-0.05, 0) is 29.1 Å². The molecule has 7 heteroatoms. The summed E-state index contributed by atoms with van der Waals surface area (Å²) in [6.45, 7) is 4.57. The van der Waals surface area contributed by atoms with Gasteiger partial charge in [0.1, 0.15) is 0 Å². The molecule has 2 aromatic rings. The van der Waals surface area contributed by atoms with Crippen LogP contribution in [-0.4, -0.2) is 32.8 Å². The smallest absolute Gasteiger partial charge is 0.388 e. The van der Waals surface area contributed by atoms with E-state index in [0.29, 0.717) is 22.9 Å². The first-order chi connectivity index (χ1) is 13.3. The van der Waals surface area contributed by atoms with Gasteiger partial charge in [0.05, 0.1) is 0 Å². The average Bonchev–Trinajstić information content (AvgIpc) is 2.68. The van der Waals surface area contributed by atoms with Gasteiger partial charge in [0, 0.05) is 11.9 Å². The summed E-state index contributed by atoms with van der Waals surface area (Å²) < 4.78 is 52.9. The van der Waals surface area contributed by atoms with Crippen LogP contribution in [0, 0.1) is 5.92 Å². The molecule has 0 N–H and O–H groups in total. The quantitative estimate of drug-likeness (QED) is 0.273. The van der Waals surface area contributed by atoms with E-state index >= 15 is 0 Å². The van der Waals surface area contributed by atoms with Gasteiger partial charge in [0.25, 0.3) is 0 Å². The van der Waals surface area contributed by atoms with E-state index in [1.807, 2.05) is 12.1 Å². The van der Waals surface area contributed by atoms with Gasteiger partial charge in [0.2, 0.25) is 0 Å². The predicted octanol–water partition coefficient (Wildman–Crippen LogP) is 5.04. The highest BCUT2D eigenvalue weighted by Gasteiger charge is 2.51. The Labute approximate surface area is 174 Å². The zero-order valence-electron chi connectivity index (χ0n) is 16.1. The minimum Gasteiger partial charge on any atom is -0.388 e. The summed E-state index contributed by atoms with van der Waals surface area (Å²) in [7, 11) is -3.56. The molecule has 2 aromatic carbocycles. The Morgan fingerprint density at radius 2 is 1.43 bits per heavy atom. The van der Waals surface area contributed by atoms with Gasteiger partial charge in [-0.1, -0.05) is 90.4 Å². The summed E-state index contributed by atoms with van der Waals surface area (Å²) >= 11 is 2.97. The largest absolute Gasteiger partial charge is 0.414 e. The molecule has 2 rings (SSSR count). The topological polar surface area (TPSA) is 18.5 Å². The van der Waals surface area contributed by atoms with Crippen molar-refractivity contribution in [2.75, 3.05) is 11.9 Å². The van der Waals surface area contributed by atoms with Crippen molar-refractivity contribution in [2.24, 2.45) is 5.92 Å². The molecular formula is C21H26BrF3O2Si. The number of alkyl halides is 4. The van der Waals surface area contributed by atoms with E-state index in [1.165, 1.54) is 0 Å². The summed E-state index contributed by atoms with van der Waals surface area (Å²) in [5.74, 6) is 0.500. The Morgan fingerprint density at radius 3 is 1.82 bits per heavy atom. The Kier molecular flexibility index (Phi) is 8.73. The Morgan fingerprint density at radius 1 is 0.929 bits per heavy atom. The van der Waals surface area contributed by atoms with Crippen molar-refractivity contribution < 1.29 is 22.0 Å². The molecule has 28 heavy (non-hydrogen) atoms. The summed E-state index contributed by atoms with van der Waals surface area (Å²) in [6.07, 6.45) is -4.74. The van der Waals surface area contributed by atoms with Crippen molar-refractivity contribution >= 4 is 34.9 Å². The first kappa shape index (κ1) is 23.1. The van der Waals surface area contributed by atoms with E-state index in [2.05, 4.69) is 29.8 Å². The van der Waals surface area contributed by atoms with Gasteiger partial charge >= 0.3 is 14.7 Å². The van der Waals surface area contributed by atoms with Crippen LogP contribution in [0.15, 0.2) is 60.7 Å². The second kappa shape index (κ2) is 10.6. The minimum absolute atomic E-state index is 0.347. The van der Waals surface area contributed by atoms with Crippen LogP contribution >= 0.6 is 15.9 Å². The Bertz CT molecular complexity index is 656. The third-order valence-corrected chi connectivity index (χ3v) is 8.35. The number of benzene rings is 2. The lowest BCUT2D eigenvalue weighted by atomic mass is 10.1. The lowest BCUT2D eigenvalue weighted by molar-refractivity contribution is -0.192. The van der Waals surface area contributed by atoms with Crippen LogP contribution in [0.25, 0.3) is 0 Å². The lowest BCUT2D eigenvalue weighted by Crippen LogP contribution is -2.66. The maximum atomic E-state index is 13.6. The highest BCUT2D eigenvalue weighted by molar-refractivity contribution is 9.09. The molecule has 0 saturated heterocycles. The normalized spacial score (nSPS) is 13.7. The fourth-order valence-electron chi connectivity index (χ4n) is 2.91. The number of halogens is 4. The van der Waals surface area contributed by atoms with E-state index in [9.17, 15) is 13.2 Å². The zero-order valence-corrected chi connectivity index (χ0v) is 18.7. The molecule has 0 aromatic heterocycles. The molecule has 0 aliphatic carbocycles. The SMILES string of the molecule is CC(C)CCCO[Si](OC(CBr)C(F)(F)F)(c1ccccc1)c1ccccc1. The van der Waals surface area contributed by atoms with Crippen molar-refractivity contribution in [3.63, 3.8) is 0 Å². The summed E-state index contributed by atoms with van der Waals surface area (Å²) in [4.78, 5) is 0. The molecule has 0 radical (unpaired) electrons. The fourth-order valence-corrected chi connectivity index (χ4v) is 6.97. The average molecular weight is 475 g/mol. The molecule has 154 valence electrons. The number of rotatable bonds is 10. The van der Waals surface area contributed by atoms with Crippen LogP contribution < -0.4 is 10.4 Å². The molecule has 0 bridgehead atoms. The van der Waals surface area contributed by atoms with Gasteiger partial charge in [0.15, 0.2) is 6.10 Å². The van der Waals surface area contributed by atoms with Crippen molar-refractivity contribution in [2.45, 2.75) is 39.0 Å². The monoisotopic (exact) mass is 474 g/mol. The Hall–Kier alpha value is -1.15. The highest BCUT2D eigenvalue weighted by atomic mass is 79.9. The van der Waals surface area contributed by atoms with Gasteiger partial charge in [-0.25, -0.2) is 0 Å². The molecule has 0 amide bonds. The molecule has 0 heterocycles. The fraction of sp³-hybridized carbons (Fsp3) is 0.429. The zero-order chi connectivity index (χ0) is 20.6. The van der Waals surface area contributed by atoms with E-state index in [0.717, 1.165) is 12.8 Å². The summed E-state index contributed by atoms with van der Waals surface area (Å²) in [5.41, 5.74) is 0. The van der Waals surface area contributed by atoms with E-state index in [4.69, 9.17) is 8.85 Å². The van der Waals surface area contributed by atoms with Crippen LogP contribution in [0.5, 0.6) is 0 Å². The molecule has 0 aliphatic heterocycles. The van der Waals surface area contributed by atoms with E-state index in [1.54, 1.807) is 48.5 Å². The van der Waals surface area contributed by atoms with Crippen LogP contribution in [0.3, 0.4) is 0 Å². The molecule has 0 spiro atoms. The predicted molar refractivity (Wildman–Crippen MR) is 113 cm³/mol. The van der Waals surface area contributed by atoms with Crippen molar-refractivity contribution in [1.82, 2.24) is 0 Å². The van der Waals surface area contributed by atoms with E-state index in [-0.39, 0.29) is 5.33 Å². The molecule has 1 unspecified atom stereocenters. The van der Waals surface area contributed by atoms with Gasteiger partial charge in [-0.2, -0.15) is 13.2 Å². The van der Waals surface area contributed by atoms with Gasteiger partial charge < -0.3 is 8.85 Å². The molecule has 2 nitrogen and oxygen atoms in total. The molecule has 1 atom stereocenters. The first-order valence-corrected chi connectivity index (χ1v) is 12.3. The van der Waals surface area contributed by atoms with Crippen LogP contribution in [-0.2, 0) is 8.85 Å². The summed E-state index contributed by atoms with van der Waals surface area (Å²) in [5, 5.41) is 0.988. The maximum absolute atomic E-state index is 13.6.